The molecule has 0 amide bonds. The van der Waals surface area contributed by atoms with Crippen LogP contribution in [0.15, 0.2) is 0 Å². The van der Waals surface area contributed by atoms with Crippen molar-refractivity contribution in [3.63, 3.8) is 0 Å². The lowest BCUT2D eigenvalue weighted by Crippen LogP contribution is -2.35. The summed E-state index contributed by atoms with van der Waals surface area (Å²) in [4.78, 5) is 0. The van der Waals surface area contributed by atoms with Gasteiger partial charge in [-0.05, 0) is 67.1 Å². The maximum Gasteiger partial charge on any atom is -0.0145 e. The van der Waals surface area contributed by atoms with E-state index in [1.807, 2.05) is 5.92 Å². The van der Waals surface area contributed by atoms with Crippen LogP contribution in [0.4, 0.5) is 0 Å². The van der Waals surface area contributed by atoms with Crippen LogP contribution in [0.2, 0.25) is 0 Å². The molecular formula is C25H47. The lowest BCUT2D eigenvalue weighted by Gasteiger charge is -2.45. The predicted octanol–water partition coefficient (Wildman–Crippen LogP) is 8.74. The molecule has 0 aliphatic heterocycles. The van der Waals surface area contributed by atoms with Gasteiger partial charge in [0, 0.05) is 0 Å². The summed E-state index contributed by atoms with van der Waals surface area (Å²) < 4.78 is 0. The zero-order valence-electron chi connectivity index (χ0n) is 18.3. The van der Waals surface area contributed by atoms with Crippen molar-refractivity contribution in [3.05, 3.63) is 5.92 Å². The van der Waals surface area contributed by atoms with E-state index in [1.165, 1.54) is 96.3 Å². The molecule has 2 bridgehead atoms. The van der Waals surface area contributed by atoms with E-state index in [4.69, 9.17) is 0 Å². The SMILES string of the molecule is CCCCCC(CCCCC)(CCCCC)C1CC2CC[C]1C2(C)C. The van der Waals surface area contributed by atoms with E-state index >= 15 is 0 Å². The normalized spacial score (nSPS) is 25.8. The Balaban J connectivity index is 2.17. The number of fused-ring (bicyclic) bond motifs is 2. The molecule has 2 aliphatic rings. The van der Waals surface area contributed by atoms with Crippen LogP contribution in [-0.4, -0.2) is 0 Å². The predicted molar refractivity (Wildman–Crippen MR) is 113 cm³/mol. The van der Waals surface area contributed by atoms with Crippen LogP contribution in [0.1, 0.15) is 131 Å². The lowest BCUT2D eigenvalue weighted by atomic mass is 9.60. The Morgan fingerprint density at radius 1 is 0.800 bits per heavy atom. The first-order valence-corrected chi connectivity index (χ1v) is 11.9. The summed E-state index contributed by atoms with van der Waals surface area (Å²) >= 11 is 0. The van der Waals surface area contributed by atoms with Gasteiger partial charge in [-0.15, -0.1) is 0 Å². The van der Waals surface area contributed by atoms with Crippen LogP contribution in [0.3, 0.4) is 0 Å². The second-order valence-corrected chi connectivity index (χ2v) is 10.0. The highest BCUT2D eigenvalue weighted by Gasteiger charge is 2.58. The monoisotopic (exact) mass is 347 g/mol. The van der Waals surface area contributed by atoms with Gasteiger partial charge >= 0.3 is 0 Å². The maximum atomic E-state index is 2.58. The minimum absolute atomic E-state index is 0.552. The van der Waals surface area contributed by atoms with Crippen molar-refractivity contribution in [2.45, 2.75) is 131 Å². The molecule has 0 saturated heterocycles. The third kappa shape index (κ3) is 4.84. The van der Waals surface area contributed by atoms with Crippen LogP contribution >= 0.6 is 0 Å². The summed E-state index contributed by atoms with van der Waals surface area (Å²) in [5, 5.41) is 0. The smallest absolute Gasteiger partial charge is 0.0145 e. The van der Waals surface area contributed by atoms with Crippen LogP contribution in [-0.2, 0) is 0 Å². The van der Waals surface area contributed by atoms with Gasteiger partial charge in [0.25, 0.3) is 0 Å². The molecule has 2 atom stereocenters. The van der Waals surface area contributed by atoms with Crippen LogP contribution in [0.25, 0.3) is 0 Å². The number of hydrogen-bond acceptors (Lipinski definition) is 0. The molecule has 0 nitrogen and oxygen atoms in total. The molecule has 0 heteroatoms. The molecule has 147 valence electrons. The molecule has 2 fully saturated rings. The first-order valence-electron chi connectivity index (χ1n) is 11.9. The molecule has 0 spiro atoms. The second kappa shape index (κ2) is 9.80. The fourth-order valence-corrected chi connectivity index (χ4v) is 6.44. The Morgan fingerprint density at radius 3 is 1.60 bits per heavy atom. The largest absolute Gasteiger partial charge is 0.0654 e. The molecule has 25 heavy (non-hydrogen) atoms. The van der Waals surface area contributed by atoms with Crippen LogP contribution in [0, 0.1) is 28.6 Å². The zero-order chi connectivity index (χ0) is 18.3. The molecule has 0 N–H and O–H groups in total. The van der Waals surface area contributed by atoms with E-state index in [2.05, 4.69) is 34.6 Å². The van der Waals surface area contributed by atoms with E-state index in [0.29, 0.717) is 10.8 Å². The van der Waals surface area contributed by atoms with Crippen LogP contribution in [0.5, 0.6) is 0 Å². The fourth-order valence-electron chi connectivity index (χ4n) is 6.44. The van der Waals surface area contributed by atoms with Gasteiger partial charge in [0.05, 0.1) is 0 Å². The summed E-state index contributed by atoms with van der Waals surface area (Å²) in [5.41, 5.74) is 1.21. The van der Waals surface area contributed by atoms with E-state index in [9.17, 15) is 0 Å². The molecule has 1 radical (unpaired) electrons. The zero-order valence-corrected chi connectivity index (χ0v) is 18.3. The highest BCUT2D eigenvalue weighted by Crippen LogP contribution is 2.67. The lowest BCUT2D eigenvalue weighted by molar-refractivity contribution is 0.0988. The first kappa shape index (κ1) is 21.3. The second-order valence-electron chi connectivity index (χ2n) is 10.0. The van der Waals surface area contributed by atoms with Gasteiger partial charge in [-0.3, -0.25) is 0 Å². The summed E-state index contributed by atoms with van der Waals surface area (Å²) in [6.45, 7) is 12.3. The molecule has 2 rings (SSSR count). The van der Waals surface area contributed by atoms with Crippen molar-refractivity contribution in [2.24, 2.45) is 22.7 Å². The van der Waals surface area contributed by atoms with Crippen molar-refractivity contribution < 1.29 is 0 Å². The Kier molecular flexibility index (Phi) is 8.35. The molecule has 0 aromatic heterocycles. The van der Waals surface area contributed by atoms with E-state index in [0.717, 1.165) is 11.8 Å². The van der Waals surface area contributed by atoms with Crippen molar-refractivity contribution >= 4 is 0 Å². The van der Waals surface area contributed by atoms with Crippen molar-refractivity contribution in [1.82, 2.24) is 0 Å². The van der Waals surface area contributed by atoms with Gasteiger partial charge in [-0.2, -0.15) is 0 Å². The highest BCUT2D eigenvalue weighted by molar-refractivity contribution is 5.24. The molecule has 0 heterocycles. The minimum atomic E-state index is 0.552. The van der Waals surface area contributed by atoms with Crippen LogP contribution < -0.4 is 0 Å². The molecule has 0 aromatic rings. The average Bonchev–Trinajstić information content (AvgIpc) is 3.02. The topological polar surface area (TPSA) is 0 Å². The van der Waals surface area contributed by atoms with Gasteiger partial charge in [0.15, 0.2) is 0 Å². The molecular weight excluding hydrogens is 300 g/mol. The third-order valence-electron chi connectivity index (χ3n) is 8.13. The van der Waals surface area contributed by atoms with Crippen molar-refractivity contribution in [1.29, 1.82) is 0 Å². The third-order valence-corrected chi connectivity index (χ3v) is 8.13. The highest BCUT2D eigenvalue weighted by atomic mass is 14.6. The Morgan fingerprint density at radius 2 is 1.28 bits per heavy atom. The van der Waals surface area contributed by atoms with E-state index in [-0.39, 0.29) is 0 Å². The van der Waals surface area contributed by atoms with Crippen molar-refractivity contribution in [2.75, 3.05) is 0 Å². The standard InChI is InChI=1S/C25H47/c1-6-9-12-17-25(18-13-10-7-2,19-14-11-8-3)23-20-21-15-16-22(23)24(21,4)5/h21,23H,6-20H2,1-5H3. The minimum Gasteiger partial charge on any atom is -0.0654 e. The summed E-state index contributed by atoms with van der Waals surface area (Å²) in [5.74, 6) is 3.96. The van der Waals surface area contributed by atoms with Gasteiger partial charge in [0.1, 0.15) is 0 Å². The number of rotatable bonds is 13. The van der Waals surface area contributed by atoms with Gasteiger partial charge in [-0.1, -0.05) is 92.4 Å². The summed E-state index contributed by atoms with van der Waals surface area (Å²) in [7, 11) is 0. The molecule has 2 saturated carbocycles. The molecule has 2 aliphatic carbocycles. The maximum absolute atomic E-state index is 2.58. The van der Waals surface area contributed by atoms with Crippen molar-refractivity contribution in [3.8, 4) is 0 Å². The Bertz CT molecular complexity index is 340. The van der Waals surface area contributed by atoms with E-state index in [1.54, 1.807) is 0 Å². The van der Waals surface area contributed by atoms with Gasteiger partial charge in [-0.25, -0.2) is 0 Å². The Labute approximate surface area is 159 Å². The van der Waals surface area contributed by atoms with E-state index < -0.39 is 0 Å². The van der Waals surface area contributed by atoms with Gasteiger partial charge in [0.2, 0.25) is 0 Å². The van der Waals surface area contributed by atoms with Gasteiger partial charge < -0.3 is 0 Å². The summed E-state index contributed by atoms with van der Waals surface area (Å²) in [6.07, 6.45) is 21.9. The first-order chi connectivity index (χ1) is 12.0. The average molecular weight is 348 g/mol. The number of hydrogen-bond donors (Lipinski definition) is 0. The molecule has 2 unspecified atom stereocenters. The quantitative estimate of drug-likeness (QED) is 0.292. The Hall–Kier alpha value is 0. The summed E-state index contributed by atoms with van der Waals surface area (Å²) in [6, 6.07) is 0. The molecule has 0 aromatic carbocycles. The fraction of sp³-hybridized carbons (Fsp3) is 0.960. The number of unbranched alkanes of at least 4 members (excludes halogenated alkanes) is 6.